The maximum absolute atomic E-state index is 11.2. The maximum atomic E-state index is 11.2. The fourth-order valence-corrected chi connectivity index (χ4v) is 3.26. The van der Waals surface area contributed by atoms with Gasteiger partial charge in [-0.05, 0) is 44.6 Å². The van der Waals surface area contributed by atoms with Gasteiger partial charge in [-0.3, -0.25) is 4.79 Å². The third-order valence-corrected chi connectivity index (χ3v) is 4.72. The number of carbonyl (C=O) groups is 1. The standard InChI is InChI=1S/C14H25NO2/c1-11-3-5-12(6-4-11)9-15-8-7-14(2,10-15)13(16)17/h11-12H,3-10H2,1-2H3,(H,16,17). The Bertz CT molecular complexity index is 284. The van der Waals surface area contributed by atoms with Gasteiger partial charge in [-0.2, -0.15) is 0 Å². The molecule has 1 atom stereocenters. The van der Waals surface area contributed by atoms with Gasteiger partial charge >= 0.3 is 5.97 Å². The Hall–Kier alpha value is -0.570. The first-order valence-corrected chi connectivity index (χ1v) is 6.95. The number of hydrogen-bond acceptors (Lipinski definition) is 2. The first-order chi connectivity index (χ1) is 7.99. The van der Waals surface area contributed by atoms with Crippen molar-refractivity contribution in [2.45, 2.75) is 46.0 Å². The van der Waals surface area contributed by atoms with E-state index >= 15 is 0 Å². The lowest BCUT2D eigenvalue weighted by Crippen LogP contribution is -2.34. The summed E-state index contributed by atoms with van der Waals surface area (Å²) in [5, 5.41) is 9.20. The zero-order valence-electron chi connectivity index (χ0n) is 11.1. The van der Waals surface area contributed by atoms with Gasteiger partial charge in [0, 0.05) is 13.1 Å². The number of carboxylic acids is 1. The fourth-order valence-electron chi connectivity index (χ4n) is 3.26. The first-order valence-electron chi connectivity index (χ1n) is 6.95. The summed E-state index contributed by atoms with van der Waals surface area (Å²) in [4.78, 5) is 13.5. The van der Waals surface area contributed by atoms with Gasteiger partial charge in [0.1, 0.15) is 0 Å². The summed E-state index contributed by atoms with van der Waals surface area (Å²) >= 11 is 0. The van der Waals surface area contributed by atoms with Crippen LogP contribution >= 0.6 is 0 Å². The van der Waals surface area contributed by atoms with Crippen molar-refractivity contribution in [1.82, 2.24) is 4.90 Å². The zero-order valence-corrected chi connectivity index (χ0v) is 11.1. The van der Waals surface area contributed by atoms with E-state index in [1.165, 1.54) is 25.7 Å². The summed E-state index contributed by atoms with van der Waals surface area (Å²) < 4.78 is 0. The molecule has 1 aliphatic carbocycles. The molecule has 3 heteroatoms. The Labute approximate surface area is 104 Å². The number of aliphatic carboxylic acids is 1. The van der Waals surface area contributed by atoms with Crippen molar-refractivity contribution in [1.29, 1.82) is 0 Å². The number of nitrogens with zero attached hydrogens (tertiary/aromatic N) is 1. The van der Waals surface area contributed by atoms with Crippen molar-refractivity contribution in [2.75, 3.05) is 19.6 Å². The Morgan fingerprint density at radius 3 is 2.53 bits per heavy atom. The Kier molecular flexibility index (Phi) is 3.76. The number of rotatable bonds is 3. The highest BCUT2D eigenvalue weighted by Crippen LogP contribution is 2.33. The van der Waals surface area contributed by atoms with Crippen LogP contribution in [0.3, 0.4) is 0 Å². The monoisotopic (exact) mass is 239 g/mol. The van der Waals surface area contributed by atoms with Crippen LogP contribution in [0.2, 0.25) is 0 Å². The Morgan fingerprint density at radius 1 is 1.35 bits per heavy atom. The molecule has 3 nitrogen and oxygen atoms in total. The molecule has 0 aromatic carbocycles. The summed E-state index contributed by atoms with van der Waals surface area (Å²) in [5.74, 6) is 1.08. The minimum atomic E-state index is -0.628. The van der Waals surface area contributed by atoms with E-state index < -0.39 is 11.4 Å². The third kappa shape index (κ3) is 3.01. The predicted octanol–water partition coefficient (Wildman–Crippen LogP) is 2.61. The van der Waals surface area contributed by atoms with Crippen LogP contribution in [0.5, 0.6) is 0 Å². The van der Waals surface area contributed by atoms with Crippen LogP contribution in [0, 0.1) is 17.3 Å². The van der Waals surface area contributed by atoms with Gasteiger partial charge < -0.3 is 10.0 Å². The van der Waals surface area contributed by atoms with E-state index in [-0.39, 0.29) is 0 Å². The second-order valence-electron chi connectivity index (χ2n) is 6.48. The number of likely N-dealkylation sites (tertiary alicyclic amines) is 1. The van der Waals surface area contributed by atoms with E-state index in [9.17, 15) is 9.90 Å². The smallest absolute Gasteiger partial charge is 0.310 e. The van der Waals surface area contributed by atoms with Crippen molar-refractivity contribution in [3.05, 3.63) is 0 Å². The van der Waals surface area contributed by atoms with Gasteiger partial charge in [-0.15, -0.1) is 0 Å². The largest absolute Gasteiger partial charge is 0.481 e. The molecule has 2 rings (SSSR count). The van der Waals surface area contributed by atoms with Crippen LogP contribution < -0.4 is 0 Å². The molecule has 0 spiro atoms. The molecule has 98 valence electrons. The van der Waals surface area contributed by atoms with Gasteiger partial charge in [-0.25, -0.2) is 0 Å². The normalized spacial score (nSPS) is 39.4. The van der Waals surface area contributed by atoms with Crippen molar-refractivity contribution in [2.24, 2.45) is 17.3 Å². The molecule has 0 radical (unpaired) electrons. The summed E-state index contributed by atoms with van der Waals surface area (Å²) in [5.41, 5.74) is -0.498. The molecule has 0 aromatic heterocycles. The SMILES string of the molecule is CC1CCC(CN2CCC(C)(C(=O)O)C2)CC1. The van der Waals surface area contributed by atoms with Crippen LogP contribution in [-0.4, -0.2) is 35.6 Å². The predicted molar refractivity (Wildman–Crippen MR) is 67.9 cm³/mol. The Balaban J connectivity index is 1.80. The molecule has 0 amide bonds. The lowest BCUT2D eigenvalue weighted by atomic mass is 9.83. The van der Waals surface area contributed by atoms with E-state index in [2.05, 4.69) is 11.8 Å². The molecule has 1 saturated carbocycles. The van der Waals surface area contributed by atoms with Crippen molar-refractivity contribution in [3.8, 4) is 0 Å². The minimum absolute atomic E-state index is 0.498. The van der Waals surface area contributed by atoms with Crippen molar-refractivity contribution >= 4 is 5.97 Å². The summed E-state index contributed by atoms with van der Waals surface area (Å²) in [6, 6.07) is 0. The van der Waals surface area contributed by atoms with Gasteiger partial charge in [0.2, 0.25) is 0 Å². The average molecular weight is 239 g/mol. The fraction of sp³-hybridized carbons (Fsp3) is 0.929. The molecule has 2 aliphatic rings. The lowest BCUT2D eigenvalue weighted by molar-refractivity contribution is -0.147. The average Bonchev–Trinajstić information content (AvgIpc) is 2.65. The highest BCUT2D eigenvalue weighted by Gasteiger charge is 2.40. The molecule has 17 heavy (non-hydrogen) atoms. The van der Waals surface area contributed by atoms with Crippen LogP contribution in [0.15, 0.2) is 0 Å². The van der Waals surface area contributed by atoms with Crippen LogP contribution in [0.4, 0.5) is 0 Å². The molecular formula is C14H25NO2. The summed E-state index contributed by atoms with van der Waals surface area (Å²) in [7, 11) is 0. The second-order valence-corrected chi connectivity index (χ2v) is 6.48. The van der Waals surface area contributed by atoms with Gasteiger partial charge in [0.05, 0.1) is 5.41 Å². The highest BCUT2D eigenvalue weighted by molar-refractivity contribution is 5.74. The number of carboxylic acid groups (broad SMARTS) is 1. The molecule has 1 unspecified atom stereocenters. The second kappa shape index (κ2) is 4.97. The van der Waals surface area contributed by atoms with Gasteiger partial charge in [-0.1, -0.05) is 19.8 Å². The van der Waals surface area contributed by atoms with E-state index in [4.69, 9.17) is 0 Å². The molecule has 1 saturated heterocycles. The molecule has 0 aromatic rings. The maximum Gasteiger partial charge on any atom is 0.310 e. The van der Waals surface area contributed by atoms with Gasteiger partial charge in [0.15, 0.2) is 0 Å². The van der Waals surface area contributed by atoms with Crippen LogP contribution in [-0.2, 0) is 4.79 Å². The molecule has 0 bridgehead atoms. The lowest BCUT2D eigenvalue weighted by Gasteiger charge is -2.30. The number of hydrogen-bond donors (Lipinski definition) is 1. The van der Waals surface area contributed by atoms with E-state index in [1.807, 2.05) is 6.92 Å². The van der Waals surface area contributed by atoms with Crippen LogP contribution in [0.1, 0.15) is 46.0 Å². The molecule has 1 aliphatic heterocycles. The van der Waals surface area contributed by atoms with Crippen molar-refractivity contribution < 1.29 is 9.90 Å². The highest BCUT2D eigenvalue weighted by atomic mass is 16.4. The zero-order chi connectivity index (χ0) is 12.5. The Morgan fingerprint density at radius 2 is 2.00 bits per heavy atom. The molecule has 2 fully saturated rings. The van der Waals surface area contributed by atoms with Crippen LogP contribution in [0.25, 0.3) is 0 Å². The minimum Gasteiger partial charge on any atom is -0.481 e. The van der Waals surface area contributed by atoms with Crippen molar-refractivity contribution in [3.63, 3.8) is 0 Å². The van der Waals surface area contributed by atoms with Gasteiger partial charge in [0.25, 0.3) is 0 Å². The summed E-state index contributed by atoms with van der Waals surface area (Å²) in [6.07, 6.45) is 6.19. The molecular weight excluding hydrogens is 214 g/mol. The topological polar surface area (TPSA) is 40.5 Å². The van der Waals surface area contributed by atoms with E-state index in [1.54, 1.807) is 0 Å². The molecule has 1 N–H and O–H groups in total. The van der Waals surface area contributed by atoms with E-state index in [0.717, 1.165) is 37.9 Å². The third-order valence-electron chi connectivity index (χ3n) is 4.72. The molecule has 1 heterocycles. The first kappa shape index (κ1) is 12.9. The van der Waals surface area contributed by atoms with E-state index in [0.29, 0.717) is 0 Å². The quantitative estimate of drug-likeness (QED) is 0.823. The summed E-state index contributed by atoms with van der Waals surface area (Å²) in [6.45, 7) is 7.06.